The summed E-state index contributed by atoms with van der Waals surface area (Å²) in [4.78, 5) is 22.3. The third-order valence-electron chi connectivity index (χ3n) is 1.45. The zero-order chi connectivity index (χ0) is 13.2. The lowest BCUT2D eigenvalue weighted by molar-refractivity contribution is 0.0632. The lowest BCUT2D eigenvalue weighted by Gasteiger charge is -2.19. The predicted octanol–water partition coefficient (Wildman–Crippen LogP) is 2.79. The normalized spacial score (nSPS) is 11.1. The number of carboxylic acid groups (broad SMARTS) is 1. The minimum Gasteiger partial charge on any atom is -0.477 e. The van der Waals surface area contributed by atoms with E-state index < -0.39 is 17.7 Å². The molecule has 17 heavy (non-hydrogen) atoms. The van der Waals surface area contributed by atoms with Gasteiger partial charge in [0, 0.05) is 0 Å². The molecule has 0 aliphatic heterocycles. The van der Waals surface area contributed by atoms with Crippen LogP contribution >= 0.6 is 34.1 Å². The van der Waals surface area contributed by atoms with E-state index in [1.165, 1.54) is 0 Å². The van der Waals surface area contributed by atoms with Crippen LogP contribution in [0, 0.1) is 3.57 Å². The number of amides is 1. The van der Waals surface area contributed by atoms with E-state index in [2.05, 4.69) is 9.69 Å². The van der Waals surface area contributed by atoms with Crippen molar-refractivity contribution in [1.82, 2.24) is 4.37 Å². The number of hydrogen-bond acceptors (Lipinski definition) is 5. The zero-order valence-corrected chi connectivity index (χ0v) is 12.4. The Morgan fingerprint density at radius 3 is 2.47 bits per heavy atom. The van der Waals surface area contributed by atoms with Gasteiger partial charge in [-0.2, -0.15) is 4.37 Å². The van der Waals surface area contributed by atoms with E-state index in [9.17, 15) is 9.59 Å². The molecule has 0 radical (unpaired) electrons. The summed E-state index contributed by atoms with van der Waals surface area (Å²) in [6.07, 6.45) is -0.655. The van der Waals surface area contributed by atoms with E-state index in [0.717, 1.165) is 11.5 Å². The number of nitrogens with one attached hydrogen (secondary N) is 1. The first-order valence-corrected chi connectivity index (χ1v) is 6.44. The Kier molecular flexibility index (Phi) is 4.31. The molecular weight excluding hydrogens is 359 g/mol. The topological polar surface area (TPSA) is 88.5 Å². The van der Waals surface area contributed by atoms with Gasteiger partial charge in [0.05, 0.1) is 3.57 Å². The molecule has 94 valence electrons. The molecule has 1 amide bonds. The van der Waals surface area contributed by atoms with Crippen molar-refractivity contribution in [3.8, 4) is 0 Å². The minimum absolute atomic E-state index is 0.0941. The Bertz CT molecular complexity index is 452. The smallest absolute Gasteiger partial charge is 0.413 e. The van der Waals surface area contributed by atoms with Crippen molar-refractivity contribution in [2.75, 3.05) is 5.32 Å². The van der Waals surface area contributed by atoms with Crippen LogP contribution in [0.25, 0.3) is 0 Å². The molecule has 6 nitrogen and oxygen atoms in total. The zero-order valence-electron chi connectivity index (χ0n) is 9.41. The van der Waals surface area contributed by atoms with E-state index in [1.54, 1.807) is 20.8 Å². The second-order valence-electron chi connectivity index (χ2n) is 4.11. The van der Waals surface area contributed by atoms with Gasteiger partial charge in [-0.05, 0) is 54.9 Å². The molecule has 8 heteroatoms. The van der Waals surface area contributed by atoms with Crippen molar-refractivity contribution < 1.29 is 19.4 Å². The second-order valence-corrected chi connectivity index (χ2v) is 5.96. The van der Waals surface area contributed by atoms with Crippen LogP contribution < -0.4 is 5.32 Å². The number of nitrogens with zero attached hydrogens (tertiary/aromatic N) is 1. The number of aromatic carboxylic acids is 1. The Balaban J connectivity index is 2.76. The average Bonchev–Trinajstić information content (AvgIpc) is 2.44. The van der Waals surface area contributed by atoms with Gasteiger partial charge in [0.25, 0.3) is 0 Å². The second kappa shape index (κ2) is 5.17. The molecule has 0 unspecified atom stereocenters. The van der Waals surface area contributed by atoms with Gasteiger partial charge >= 0.3 is 12.1 Å². The highest BCUT2D eigenvalue weighted by atomic mass is 127. The number of anilines is 1. The Morgan fingerprint density at radius 2 is 2.06 bits per heavy atom. The molecule has 0 saturated heterocycles. The molecule has 1 rings (SSSR count). The van der Waals surface area contributed by atoms with E-state index in [0.29, 0.717) is 3.57 Å². The largest absolute Gasteiger partial charge is 0.477 e. The van der Waals surface area contributed by atoms with Gasteiger partial charge in [-0.3, -0.25) is 5.32 Å². The molecule has 0 spiro atoms. The standard InChI is InChI=1S/C9H11IN2O4S/c1-9(2,3)16-8(15)11-6-4(10)5(7(13)14)17-12-6/h1-3H3,(H,13,14)(H,11,12,15). The fraction of sp³-hybridized carbons (Fsp3) is 0.444. The average molecular weight is 370 g/mol. The van der Waals surface area contributed by atoms with Crippen LogP contribution in [0.15, 0.2) is 0 Å². The summed E-state index contributed by atoms with van der Waals surface area (Å²) in [6, 6.07) is 0. The maximum atomic E-state index is 11.4. The van der Waals surface area contributed by atoms with Crippen LogP contribution in [-0.2, 0) is 4.74 Å². The summed E-state index contributed by atoms with van der Waals surface area (Å²) in [5, 5.41) is 11.2. The molecule has 0 atom stereocenters. The van der Waals surface area contributed by atoms with Crippen LogP contribution in [0.2, 0.25) is 0 Å². The van der Waals surface area contributed by atoms with Crippen molar-refractivity contribution in [2.45, 2.75) is 26.4 Å². The maximum Gasteiger partial charge on any atom is 0.413 e. The Hall–Kier alpha value is -0.900. The van der Waals surface area contributed by atoms with Gasteiger partial charge in [0.2, 0.25) is 0 Å². The van der Waals surface area contributed by atoms with E-state index in [4.69, 9.17) is 9.84 Å². The third-order valence-corrected chi connectivity index (χ3v) is 3.70. The number of aromatic nitrogens is 1. The number of carbonyl (C=O) groups excluding carboxylic acids is 1. The summed E-state index contributed by atoms with van der Waals surface area (Å²) in [7, 11) is 0. The number of carboxylic acids is 1. The third kappa shape index (κ3) is 4.11. The quantitative estimate of drug-likeness (QED) is 0.782. The highest BCUT2D eigenvalue weighted by molar-refractivity contribution is 14.1. The monoisotopic (exact) mass is 370 g/mol. The molecule has 0 saturated carbocycles. The lowest BCUT2D eigenvalue weighted by atomic mass is 10.2. The number of carbonyl (C=O) groups is 2. The SMILES string of the molecule is CC(C)(C)OC(=O)Nc1nsc(C(=O)O)c1I. The molecule has 1 aromatic rings. The van der Waals surface area contributed by atoms with Crippen molar-refractivity contribution in [2.24, 2.45) is 0 Å². The highest BCUT2D eigenvalue weighted by Gasteiger charge is 2.21. The summed E-state index contributed by atoms with van der Waals surface area (Å²) >= 11 is 2.64. The van der Waals surface area contributed by atoms with Crippen molar-refractivity contribution >= 4 is 52.0 Å². The summed E-state index contributed by atoms with van der Waals surface area (Å²) < 4.78 is 9.27. The lowest BCUT2D eigenvalue weighted by Crippen LogP contribution is -2.27. The fourth-order valence-electron chi connectivity index (χ4n) is 0.890. The van der Waals surface area contributed by atoms with E-state index in [1.807, 2.05) is 22.6 Å². The number of halogens is 1. The molecule has 0 aliphatic rings. The number of ether oxygens (including phenoxy) is 1. The van der Waals surface area contributed by atoms with Crippen LogP contribution in [0.1, 0.15) is 30.4 Å². The first-order chi connectivity index (χ1) is 7.70. The van der Waals surface area contributed by atoms with Crippen molar-refractivity contribution in [3.63, 3.8) is 0 Å². The van der Waals surface area contributed by atoms with Gasteiger partial charge in [-0.1, -0.05) is 0 Å². The van der Waals surface area contributed by atoms with Gasteiger partial charge in [-0.15, -0.1) is 0 Å². The van der Waals surface area contributed by atoms with Crippen LogP contribution in [0.5, 0.6) is 0 Å². The predicted molar refractivity (Wildman–Crippen MR) is 71.6 cm³/mol. The molecule has 0 fully saturated rings. The Morgan fingerprint density at radius 1 is 1.47 bits per heavy atom. The van der Waals surface area contributed by atoms with Crippen molar-refractivity contribution in [1.29, 1.82) is 0 Å². The summed E-state index contributed by atoms with van der Waals surface area (Å²) in [6.45, 7) is 5.21. The molecule has 0 aliphatic carbocycles. The number of hydrogen-bond donors (Lipinski definition) is 2. The summed E-state index contributed by atoms with van der Waals surface area (Å²) in [5.74, 6) is -0.855. The molecule has 0 aromatic carbocycles. The summed E-state index contributed by atoms with van der Waals surface area (Å²) in [5.41, 5.74) is -0.610. The van der Waals surface area contributed by atoms with E-state index in [-0.39, 0.29) is 10.7 Å². The minimum atomic E-state index is -1.07. The van der Waals surface area contributed by atoms with E-state index >= 15 is 0 Å². The Labute approximate surface area is 116 Å². The fourth-order valence-corrected chi connectivity index (χ4v) is 2.41. The highest BCUT2D eigenvalue weighted by Crippen LogP contribution is 2.25. The van der Waals surface area contributed by atoms with Crippen LogP contribution in [-0.4, -0.2) is 27.1 Å². The van der Waals surface area contributed by atoms with Gasteiger partial charge in [0.1, 0.15) is 10.5 Å². The molecule has 1 heterocycles. The first-order valence-electron chi connectivity index (χ1n) is 4.59. The molecule has 2 N–H and O–H groups in total. The van der Waals surface area contributed by atoms with Crippen LogP contribution in [0.4, 0.5) is 10.6 Å². The number of rotatable bonds is 2. The van der Waals surface area contributed by atoms with Gasteiger partial charge in [0.15, 0.2) is 5.82 Å². The maximum absolute atomic E-state index is 11.4. The molecular formula is C9H11IN2O4S. The van der Waals surface area contributed by atoms with Gasteiger partial charge < -0.3 is 9.84 Å². The molecule has 0 bridgehead atoms. The first kappa shape index (κ1) is 14.2. The van der Waals surface area contributed by atoms with Gasteiger partial charge in [-0.25, -0.2) is 9.59 Å². The van der Waals surface area contributed by atoms with Crippen LogP contribution in [0.3, 0.4) is 0 Å². The molecule has 1 aromatic heterocycles. The van der Waals surface area contributed by atoms with Crippen molar-refractivity contribution in [3.05, 3.63) is 8.45 Å².